The molecule has 6 heteroatoms. The monoisotopic (exact) mass is 415 g/mol. The maximum atomic E-state index is 13.3. The van der Waals surface area contributed by atoms with Gasteiger partial charge in [0.25, 0.3) is 0 Å². The molecule has 0 saturated heterocycles. The Hall–Kier alpha value is -2.21. The first-order valence-electron chi connectivity index (χ1n) is 9.06. The van der Waals surface area contributed by atoms with Crippen molar-refractivity contribution in [3.8, 4) is 0 Å². The predicted octanol–water partition coefficient (Wildman–Crippen LogP) is 4.77. The SMILES string of the molecule is Cc1csc(CCN(C(=O)C(N)c2ccccc2)c2ccc(C)c(C)c2)n1.Cl. The lowest BCUT2D eigenvalue weighted by molar-refractivity contribution is -0.120. The molecule has 3 aromatic rings. The number of hydrogen-bond donors (Lipinski definition) is 1. The third kappa shape index (κ3) is 5.19. The van der Waals surface area contributed by atoms with Crippen molar-refractivity contribution in [2.45, 2.75) is 33.2 Å². The number of benzene rings is 2. The van der Waals surface area contributed by atoms with Crippen molar-refractivity contribution in [3.05, 3.63) is 81.3 Å². The van der Waals surface area contributed by atoms with Gasteiger partial charge in [-0.15, -0.1) is 23.7 Å². The molecule has 1 atom stereocenters. The van der Waals surface area contributed by atoms with Crippen molar-refractivity contribution in [1.82, 2.24) is 4.98 Å². The molecule has 0 aliphatic rings. The van der Waals surface area contributed by atoms with E-state index in [2.05, 4.69) is 24.9 Å². The molecule has 3 rings (SSSR count). The molecule has 1 amide bonds. The number of thiazole rings is 1. The number of nitrogens with zero attached hydrogens (tertiary/aromatic N) is 2. The molecule has 0 spiro atoms. The molecule has 0 aliphatic carbocycles. The Morgan fingerprint density at radius 2 is 1.82 bits per heavy atom. The summed E-state index contributed by atoms with van der Waals surface area (Å²) in [4.78, 5) is 19.6. The third-order valence-electron chi connectivity index (χ3n) is 4.71. The number of carbonyl (C=O) groups excluding carboxylic acids is 1. The summed E-state index contributed by atoms with van der Waals surface area (Å²) < 4.78 is 0. The highest BCUT2D eigenvalue weighted by atomic mass is 35.5. The van der Waals surface area contributed by atoms with Crippen molar-refractivity contribution in [1.29, 1.82) is 0 Å². The zero-order chi connectivity index (χ0) is 19.4. The Morgan fingerprint density at radius 3 is 2.43 bits per heavy atom. The van der Waals surface area contributed by atoms with E-state index in [1.54, 1.807) is 16.2 Å². The first kappa shape index (κ1) is 22.1. The molecule has 4 nitrogen and oxygen atoms in total. The summed E-state index contributed by atoms with van der Waals surface area (Å²) in [5.74, 6) is -0.0993. The Balaban J connectivity index is 0.00000280. The van der Waals surface area contributed by atoms with E-state index >= 15 is 0 Å². The van der Waals surface area contributed by atoms with Gasteiger partial charge in [0.1, 0.15) is 6.04 Å². The summed E-state index contributed by atoms with van der Waals surface area (Å²) in [6, 6.07) is 14.9. The number of hydrogen-bond acceptors (Lipinski definition) is 4. The van der Waals surface area contributed by atoms with Crippen LogP contribution in [0.4, 0.5) is 5.69 Å². The summed E-state index contributed by atoms with van der Waals surface area (Å²) in [5, 5.41) is 3.06. The van der Waals surface area contributed by atoms with Crippen molar-refractivity contribution in [3.63, 3.8) is 0 Å². The average Bonchev–Trinajstić information content (AvgIpc) is 3.09. The number of rotatable bonds is 6. The van der Waals surface area contributed by atoms with Gasteiger partial charge in [0, 0.05) is 29.7 Å². The lowest BCUT2D eigenvalue weighted by Crippen LogP contribution is -2.40. The highest BCUT2D eigenvalue weighted by Gasteiger charge is 2.24. The molecule has 1 heterocycles. The number of halogens is 1. The normalized spacial score (nSPS) is 11.6. The van der Waals surface area contributed by atoms with Gasteiger partial charge in [-0.25, -0.2) is 4.98 Å². The average molecular weight is 416 g/mol. The van der Waals surface area contributed by atoms with Crippen LogP contribution in [0.2, 0.25) is 0 Å². The van der Waals surface area contributed by atoms with Gasteiger partial charge >= 0.3 is 0 Å². The maximum absolute atomic E-state index is 13.3. The Kier molecular flexibility index (Phi) is 7.75. The molecule has 0 fully saturated rings. The quantitative estimate of drug-likeness (QED) is 0.631. The minimum absolute atomic E-state index is 0. The molecule has 1 aromatic heterocycles. The molecule has 0 saturated carbocycles. The molecular weight excluding hydrogens is 390 g/mol. The second-order valence-electron chi connectivity index (χ2n) is 6.78. The van der Waals surface area contributed by atoms with Crippen LogP contribution < -0.4 is 10.6 Å². The lowest BCUT2D eigenvalue weighted by Gasteiger charge is -2.26. The fourth-order valence-corrected chi connectivity index (χ4v) is 3.72. The van der Waals surface area contributed by atoms with Crippen LogP contribution in [0.5, 0.6) is 0 Å². The van der Waals surface area contributed by atoms with Crippen molar-refractivity contribution in [2.75, 3.05) is 11.4 Å². The van der Waals surface area contributed by atoms with Crippen LogP contribution in [0.25, 0.3) is 0 Å². The van der Waals surface area contributed by atoms with E-state index in [1.807, 2.05) is 54.8 Å². The Labute approximate surface area is 176 Å². The van der Waals surface area contributed by atoms with Gasteiger partial charge in [0.2, 0.25) is 5.91 Å². The second-order valence-corrected chi connectivity index (χ2v) is 7.72. The van der Waals surface area contributed by atoms with Gasteiger partial charge in [0.05, 0.1) is 5.01 Å². The molecular formula is C22H26ClN3OS. The van der Waals surface area contributed by atoms with Crippen LogP contribution in [0.15, 0.2) is 53.9 Å². The topological polar surface area (TPSA) is 59.2 Å². The van der Waals surface area contributed by atoms with Crippen LogP contribution >= 0.6 is 23.7 Å². The fourth-order valence-electron chi connectivity index (χ4n) is 2.96. The van der Waals surface area contributed by atoms with Gasteiger partial charge in [-0.1, -0.05) is 36.4 Å². The first-order valence-corrected chi connectivity index (χ1v) is 9.94. The molecule has 1 unspecified atom stereocenters. The van der Waals surface area contributed by atoms with E-state index in [-0.39, 0.29) is 18.3 Å². The van der Waals surface area contributed by atoms with Crippen LogP contribution in [0.1, 0.15) is 33.4 Å². The number of nitrogens with two attached hydrogens (primary N) is 1. The smallest absolute Gasteiger partial charge is 0.248 e. The number of aryl methyl sites for hydroxylation is 3. The van der Waals surface area contributed by atoms with Crippen molar-refractivity contribution < 1.29 is 4.79 Å². The fraction of sp³-hybridized carbons (Fsp3) is 0.273. The molecule has 148 valence electrons. The minimum Gasteiger partial charge on any atom is -0.316 e. The van der Waals surface area contributed by atoms with Gasteiger partial charge < -0.3 is 10.6 Å². The molecule has 0 aliphatic heterocycles. The van der Waals surface area contributed by atoms with E-state index in [0.717, 1.165) is 27.5 Å². The van der Waals surface area contributed by atoms with Crippen LogP contribution in [0.3, 0.4) is 0 Å². The van der Waals surface area contributed by atoms with Gasteiger partial charge in [-0.2, -0.15) is 0 Å². The van der Waals surface area contributed by atoms with Crippen molar-refractivity contribution >= 4 is 35.3 Å². The largest absolute Gasteiger partial charge is 0.316 e. The third-order valence-corrected chi connectivity index (χ3v) is 5.74. The van der Waals surface area contributed by atoms with E-state index in [1.165, 1.54) is 5.56 Å². The van der Waals surface area contributed by atoms with Gasteiger partial charge in [-0.05, 0) is 49.6 Å². The number of aromatic nitrogens is 1. The zero-order valence-electron chi connectivity index (χ0n) is 16.4. The Bertz CT molecular complexity index is 927. The number of carbonyl (C=O) groups is 1. The van der Waals surface area contributed by atoms with Crippen LogP contribution in [-0.4, -0.2) is 17.4 Å². The van der Waals surface area contributed by atoms with E-state index in [9.17, 15) is 4.79 Å². The summed E-state index contributed by atoms with van der Waals surface area (Å²) in [6.07, 6.45) is 0.707. The Morgan fingerprint density at radius 1 is 1.11 bits per heavy atom. The summed E-state index contributed by atoms with van der Waals surface area (Å²) in [6.45, 7) is 6.66. The van der Waals surface area contributed by atoms with Crippen LogP contribution in [-0.2, 0) is 11.2 Å². The lowest BCUT2D eigenvalue weighted by atomic mass is 10.0. The highest BCUT2D eigenvalue weighted by Crippen LogP contribution is 2.23. The predicted molar refractivity (Wildman–Crippen MR) is 119 cm³/mol. The molecule has 0 bridgehead atoms. The second kappa shape index (κ2) is 9.82. The van der Waals surface area contributed by atoms with Crippen molar-refractivity contribution in [2.24, 2.45) is 5.73 Å². The molecule has 0 radical (unpaired) electrons. The molecule has 2 N–H and O–H groups in total. The highest BCUT2D eigenvalue weighted by molar-refractivity contribution is 7.09. The molecule has 2 aromatic carbocycles. The first-order chi connectivity index (χ1) is 13.0. The number of anilines is 1. The summed E-state index contributed by atoms with van der Waals surface area (Å²) in [5.41, 5.74) is 11.4. The standard InChI is InChI=1S/C22H25N3OS.ClH/c1-15-9-10-19(13-16(15)2)25(12-11-20-24-17(3)14-27-20)22(26)21(23)18-7-5-4-6-8-18;/h4-10,13-14,21H,11-12,23H2,1-3H3;1H. The summed E-state index contributed by atoms with van der Waals surface area (Å²) >= 11 is 1.63. The van der Waals surface area contributed by atoms with E-state index < -0.39 is 6.04 Å². The zero-order valence-corrected chi connectivity index (χ0v) is 18.0. The van der Waals surface area contributed by atoms with Gasteiger partial charge in [-0.3, -0.25) is 4.79 Å². The van der Waals surface area contributed by atoms with E-state index in [0.29, 0.717) is 13.0 Å². The summed E-state index contributed by atoms with van der Waals surface area (Å²) in [7, 11) is 0. The van der Waals surface area contributed by atoms with E-state index in [4.69, 9.17) is 5.73 Å². The number of amides is 1. The molecule has 28 heavy (non-hydrogen) atoms. The van der Waals surface area contributed by atoms with Gasteiger partial charge in [0.15, 0.2) is 0 Å². The maximum Gasteiger partial charge on any atom is 0.248 e. The minimum atomic E-state index is -0.689. The van der Waals surface area contributed by atoms with Crippen LogP contribution in [0, 0.1) is 20.8 Å².